The minimum atomic E-state index is 0.605. The molecule has 1 aromatic heterocycles. The molecule has 21 heavy (non-hydrogen) atoms. The van der Waals surface area contributed by atoms with E-state index in [-0.39, 0.29) is 0 Å². The van der Waals surface area contributed by atoms with Crippen LogP contribution in [0.25, 0.3) is 0 Å². The smallest absolute Gasteiger partial charge is 0.0450 e. The highest BCUT2D eigenvalue weighted by molar-refractivity contribution is 5.48. The Kier molecular flexibility index (Phi) is 4.51. The summed E-state index contributed by atoms with van der Waals surface area (Å²) in [5, 5.41) is 3.46. The number of aryl methyl sites for hydroxylation is 1. The molecule has 3 nitrogen and oxygen atoms in total. The van der Waals surface area contributed by atoms with Gasteiger partial charge in [-0.05, 0) is 62.2 Å². The number of nitrogens with one attached hydrogen (secondary N) is 1. The SMILES string of the molecule is Cc1ccncc1CN(c1ccccc1)C1CCNCC1. The molecule has 1 saturated heterocycles. The number of para-hydroxylation sites is 1. The molecule has 110 valence electrons. The Bertz CT molecular complexity index is 562. The van der Waals surface area contributed by atoms with E-state index >= 15 is 0 Å². The fourth-order valence-corrected chi connectivity index (χ4v) is 3.01. The molecule has 0 spiro atoms. The van der Waals surface area contributed by atoms with Crippen molar-refractivity contribution in [2.45, 2.75) is 32.4 Å². The molecule has 1 aliphatic heterocycles. The fraction of sp³-hybridized carbons (Fsp3) is 0.389. The number of anilines is 1. The Hall–Kier alpha value is -1.87. The van der Waals surface area contributed by atoms with Crippen molar-refractivity contribution in [2.24, 2.45) is 0 Å². The van der Waals surface area contributed by atoms with Gasteiger partial charge in [-0.3, -0.25) is 4.98 Å². The zero-order valence-corrected chi connectivity index (χ0v) is 12.6. The highest BCUT2D eigenvalue weighted by atomic mass is 15.2. The minimum Gasteiger partial charge on any atom is -0.364 e. The van der Waals surface area contributed by atoms with E-state index < -0.39 is 0 Å². The number of piperidine rings is 1. The Labute approximate surface area is 127 Å². The quantitative estimate of drug-likeness (QED) is 0.933. The largest absolute Gasteiger partial charge is 0.364 e. The van der Waals surface area contributed by atoms with Gasteiger partial charge in [0.05, 0.1) is 0 Å². The molecule has 0 unspecified atom stereocenters. The lowest BCUT2D eigenvalue weighted by Gasteiger charge is -2.36. The van der Waals surface area contributed by atoms with Gasteiger partial charge in [-0.2, -0.15) is 0 Å². The zero-order chi connectivity index (χ0) is 14.5. The molecule has 1 fully saturated rings. The van der Waals surface area contributed by atoms with Crippen LogP contribution in [-0.2, 0) is 6.54 Å². The minimum absolute atomic E-state index is 0.605. The molecule has 3 heteroatoms. The molecule has 0 bridgehead atoms. The van der Waals surface area contributed by atoms with E-state index in [2.05, 4.69) is 58.5 Å². The second-order valence-corrected chi connectivity index (χ2v) is 5.75. The van der Waals surface area contributed by atoms with Crippen LogP contribution in [0.2, 0.25) is 0 Å². The van der Waals surface area contributed by atoms with Crippen molar-refractivity contribution in [2.75, 3.05) is 18.0 Å². The van der Waals surface area contributed by atoms with Crippen LogP contribution in [0.5, 0.6) is 0 Å². The summed E-state index contributed by atoms with van der Waals surface area (Å²) in [5.41, 5.74) is 3.95. The van der Waals surface area contributed by atoms with Gasteiger partial charge in [0, 0.05) is 30.7 Å². The topological polar surface area (TPSA) is 28.2 Å². The van der Waals surface area contributed by atoms with E-state index in [1.54, 1.807) is 0 Å². The summed E-state index contributed by atoms with van der Waals surface area (Å²) >= 11 is 0. The first kappa shape index (κ1) is 14.1. The average Bonchev–Trinajstić information content (AvgIpc) is 2.56. The van der Waals surface area contributed by atoms with Gasteiger partial charge in [0.15, 0.2) is 0 Å². The molecule has 0 amide bonds. The van der Waals surface area contributed by atoms with E-state index in [1.807, 2.05) is 12.4 Å². The predicted octanol–water partition coefficient (Wildman–Crippen LogP) is 3.15. The first-order chi connectivity index (χ1) is 10.3. The van der Waals surface area contributed by atoms with E-state index in [0.29, 0.717) is 6.04 Å². The van der Waals surface area contributed by atoms with Crippen molar-refractivity contribution in [3.63, 3.8) is 0 Å². The highest BCUT2D eigenvalue weighted by Gasteiger charge is 2.21. The summed E-state index contributed by atoms with van der Waals surface area (Å²) < 4.78 is 0. The number of pyridine rings is 1. The van der Waals surface area contributed by atoms with E-state index in [0.717, 1.165) is 19.6 Å². The summed E-state index contributed by atoms with van der Waals surface area (Å²) in [6.45, 7) is 5.33. The maximum Gasteiger partial charge on any atom is 0.0450 e. The van der Waals surface area contributed by atoms with Gasteiger partial charge in [0.25, 0.3) is 0 Å². The second-order valence-electron chi connectivity index (χ2n) is 5.75. The number of aromatic nitrogens is 1. The molecule has 1 N–H and O–H groups in total. The average molecular weight is 281 g/mol. The van der Waals surface area contributed by atoms with Crippen molar-refractivity contribution < 1.29 is 0 Å². The number of rotatable bonds is 4. The van der Waals surface area contributed by atoms with Crippen molar-refractivity contribution >= 4 is 5.69 Å². The van der Waals surface area contributed by atoms with E-state index in [4.69, 9.17) is 0 Å². The van der Waals surface area contributed by atoms with Crippen molar-refractivity contribution in [3.05, 3.63) is 59.9 Å². The lowest BCUT2D eigenvalue weighted by Crippen LogP contribution is -2.43. The third kappa shape index (κ3) is 3.42. The van der Waals surface area contributed by atoms with Crippen LogP contribution >= 0.6 is 0 Å². The van der Waals surface area contributed by atoms with Gasteiger partial charge < -0.3 is 10.2 Å². The van der Waals surface area contributed by atoms with Crippen LogP contribution in [0, 0.1) is 6.92 Å². The fourth-order valence-electron chi connectivity index (χ4n) is 3.01. The summed E-state index contributed by atoms with van der Waals surface area (Å²) in [4.78, 5) is 6.84. The van der Waals surface area contributed by atoms with Crippen molar-refractivity contribution in [1.29, 1.82) is 0 Å². The molecule has 3 rings (SSSR count). The van der Waals surface area contributed by atoms with Crippen molar-refractivity contribution in [1.82, 2.24) is 10.3 Å². The van der Waals surface area contributed by atoms with Gasteiger partial charge >= 0.3 is 0 Å². The van der Waals surface area contributed by atoms with Gasteiger partial charge in [0.2, 0.25) is 0 Å². The first-order valence-electron chi connectivity index (χ1n) is 7.76. The van der Waals surface area contributed by atoms with Gasteiger partial charge in [-0.15, -0.1) is 0 Å². The van der Waals surface area contributed by atoms with Crippen LogP contribution in [0.3, 0.4) is 0 Å². The molecule has 2 aromatic rings. The maximum absolute atomic E-state index is 4.30. The second kappa shape index (κ2) is 6.72. The molecule has 1 aromatic carbocycles. The lowest BCUT2D eigenvalue weighted by molar-refractivity contribution is 0.428. The summed E-state index contributed by atoms with van der Waals surface area (Å²) in [5.74, 6) is 0. The number of hydrogen-bond acceptors (Lipinski definition) is 3. The monoisotopic (exact) mass is 281 g/mol. The van der Waals surface area contributed by atoms with Gasteiger partial charge in [0.1, 0.15) is 0 Å². The predicted molar refractivity (Wildman–Crippen MR) is 87.5 cm³/mol. The molecule has 0 aliphatic carbocycles. The van der Waals surface area contributed by atoms with E-state index in [9.17, 15) is 0 Å². The third-order valence-electron chi connectivity index (χ3n) is 4.33. The van der Waals surface area contributed by atoms with Crippen LogP contribution in [-0.4, -0.2) is 24.1 Å². The molecular weight excluding hydrogens is 258 g/mol. The molecule has 2 heterocycles. The molecular formula is C18H23N3. The summed E-state index contributed by atoms with van der Waals surface area (Å²) in [6.07, 6.45) is 6.28. The number of nitrogens with zero attached hydrogens (tertiary/aromatic N) is 2. The Morgan fingerprint density at radius 1 is 1.14 bits per heavy atom. The van der Waals surface area contributed by atoms with Crippen LogP contribution in [0.15, 0.2) is 48.8 Å². The number of hydrogen-bond donors (Lipinski definition) is 1. The summed E-state index contributed by atoms with van der Waals surface area (Å²) in [6, 6.07) is 13.5. The van der Waals surface area contributed by atoms with Crippen molar-refractivity contribution in [3.8, 4) is 0 Å². The maximum atomic E-state index is 4.30. The molecule has 1 aliphatic rings. The van der Waals surface area contributed by atoms with Crippen LogP contribution < -0.4 is 10.2 Å². The Morgan fingerprint density at radius 3 is 2.62 bits per heavy atom. The molecule has 0 radical (unpaired) electrons. The van der Waals surface area contributed by atoms with Gasteiger partial charge in [-0.1, -0.05) is 18.2 Å². The van der Waals surface area contributed by atoms with E-state index in [1.165, 1.54) is 29.7 Å². The van der Waals surface area contributed by atoms with Gasteiger partial charge in [-0.25, -0.2) is 0 Å². The standard InChI is InChI=1S/C18H23N3/c1-15-7-10-20-13-16(15)14-21(17-5-3-2-4-6-17)18-8-11-19-12-9-18/h2-7,10,13,18-19H,8-9,11-12,14H2,1H3. The zero-order valence-electron chi connectivity index (χ0n) is 12.6. The Balaban J connectivity index is 1.87. The van der Waals surface area contributed by atoms with Crippen LogP contribution in [0.4, 0.5) is 5.69 Å². The summed E-state index contributed by atoms with van der Waals surface area (Å²) in [7, 11) is 0. The normalized spacial score (nSPS) is 15.9. The highest BCUT2D eigenvalue weighted by Crippen LogP contribution is 2.24. The molecule has 0 atom stereocenters. The number of benzene rings is 1. The molecule has 0 saturated carbocycles. The Morgan fingerprint density at radius 2 is 1.90 bits per heavy atom. The third-order valence-corrected chi connectivity index (χ3v) is 4.33. The lowest BCUT2D eigenvalue weighted by atomic mass is 10.0. The van der Waals surface area contributed by atoms with Crippen LogP contribution in [0.1, 0.15) is 24.0 Å². The first-order valence-corrected chi connectivity index (χ1v) is 7.76.